The van der Waals surface area contributed by atoms with Gasteiger partial charge in [0.2, 0.25) is 0 Å². The van der Waals surface area contributed by atoms with Gasteiger partial charge < -0.3 is 9.84 Å². The second-order valence-corrected chi connectivity index (χ2v) is 1.83. The van der Waals surface area contributed by atoms with Crippen molar-refractivity contribution in [3.63, 3.8) is 0 Å². The number of carbonyl (C=O) groups excluding carboxylic acids is 1. The number of ether oxygens (including phenoxy) is 1. The third kappa shape index (κ3) is 2.78. The summed E-state index contributed by atoms with van der Waals surface area (Å²) in [5, 5.41) is 8.43. The molecule has 0 aliphatic carbocycles. The Bertz CT molecular complexity index is 93.8. The molecule has 0 aromatic heterocycles. The summed E-state index contributed by atoms with van der Waals surface area (Å²) in [5.74, 6) is -0.491. The van der Waals surface area contributed by atoms with E-state index >= 15 is 0 Å². The van der Waals surface area contributed by atoms with Gasteiger partial charge in [-0.15, -0.1) is 0 Å². The smallest absolute Gasteiger partial charge is 0.326 e. The lowest BCUT2D eigenvalue weighted by Gasteiger charge is -2.07. The van der Waals surface area contributed by atoms with Crippen molar-refractivity contribution in [2.24, 2.45) is 0 Å². The molecule has 0 rings (SSSR count). The SMILES string of the molecule is COC(=O)[C@H](CO)NBr. The van der Waals surface area contributed by atoms with Crippen LogP contribution in [0.1, 0.15) is 0 Å². The molecule has 5 heteroatoms. The number of halogens is 1. The van der Waals surface area contributed by atoms with Crippen LogP contribution < -0.4 is 4.34 Å². The van der Waals surface area contributed by atoms with E-state index in [1.54, 1.807) is 0 Å². The topological polar surface area (TPSA) is 58.6 Å². The predicted octanol–water partition coefficient (Wildman–Crippen LogP) is -0.580. The number of hydrogen-bond acceptors (Lipinski definition) is 4. The molecule has 4 nitrogen and oxygen atoms in total. The van der Waals surface area contributed by atoms with E-state index in [4.69, 9.17) is 5.11 Å². The van der Waals surface area contributed by atoms with Crippen LogP contribution >= 0.6 is 16.1 Å². The van der Waals surface area contributed by atoms with E-state index in [0.29, 0.717) is 0 Å². The van der Waals surface area contributed by atoms with Gasteiger partial charge in [-0.1, -0.05) is 0 Å². The van der Waals surface area contributed by atoms with Crippen LogP contribution in [0, 0.1) is 0 Å². The van der Waals surface area contributed by atoms with E-state index in [1.165, 1.54) is 7.11 Å². The van der Waals surface area contributed by atoms with E-state index in [1.807, 2.05) is 0 Å². The second-order valence-electron chi connectivity index (χ2n) is 1.37. The summed E-state index contributed by atoms with van der Waals surface area (Å²) in [5.41, 5.74) is 0. The Balaban J connectivity index is 3.64. The van der Waals surface area contributed by atoms with E-state index < -0.39 is 12.0 Å². The van der Waals surface area contributed by atoms with Crippen LogP contribution in [0.2, 0.25) is 0 Å². The van der Waals surface area contributed by atoms with Crippen LogP contribution in [0.4, 0.5) is 0 Å². The minimum atomic E-state index is -0.671. The molecular formula is C4H8BrNO3. The van der Waals surface area contributed by atoms with Crippen molar-refractivity contribution in [3.8, 4) is 0 Å². The fraction of sp³-hybridized carbons (Fsp3) is 0.750. The summed E-state index contributed by atoms with van der Waals surface area (Å²) in [7, 11) is 1.26. The van der Waals surface area contributed by atoms with E-state index in [-0.39, 0.29) is 6.61 Å². The Morgan fingerprint density at radius 3 is 2.67 bits per heavy atom. The van der Waals surface area contributed by atoms with Crippen molar-refractivity contribution in [2.75, 3.05) is 13.7 Å². The van der Waals surface area contributed by atoms with E-state index in [9.17, 15) is 4.79 Å². The molecule has 1 atom stereocenters. The maximum atomic E-state index is 10.5. The van der Waals surface area contributed by atoms with Crippen molar-refractivity contribution in [1.82, 2.24) is 4.34 Å². The number of aliphatic hydroxyl groups is 1. The van der Waals surface area contributed by atoms with Gasteiger partial charge in [0.05, 0.1) is 13.7 Å². The largest absolute Gasteiger partial charge is 0.468 e. The first-order valence-corrected chi connectivity index (χ1v) is 3.10. The molecule has 2 N–H and O–H groups in total. The molecule has 0 spiro atoms. The number of esters is 1. The summed E-state index contributed by atoms with van der Waals surface area (Å²) in [6.07, 6.45) is 0. The average molecular weight is 198 g/mol. The number of nitrogens with one attached hydrogen (secondary N) is 1. The summed E-state index contributed by atoms with van der Waals surface area (Å²) in [4.78, 5) is 10.5. The normalized spacial score (nSPS) is 12.8. The molecule has 0 aromatic carbocycles. The lowest BCUT2D eigenvalue weighted by molar-refractivity contribution is -0.143. The monoisotopic (exact) mass is 197 g/mol. The third-order valence-electron chi connectivity index (χ3n) is 0.800. The zero-order valence-corrected chi connectivity index (χ0v) is 6.51. The number of aliphatic hydroxyl groups excluding tert-OH is 1. The number of hydrogen-bond donors (Lipinski definition) is 2. The summed E-state index contributed by atoms with van der Waals surface area (Å²) in [6.45, 7) is -0.280. The predicted molar refractivity (Wildman–Crippen MR) is 35.0 cm³/mol. The highest BCUT2D eigenvalue weighted by Crippen LogP contribution is 1.87. The molecule has 0 aromatic rings. The Labute approximate surface area is 61.5 Å². The molecular weight excluding hydrogens is 190 g/mol. The van der Waals surface area contributed by atoms with Gasteiger partial charge in [0.25, 0.3) is 0 Å². The van der Waals surface area contributed by atoms with E-state index in [2.05, 4.69) is 25.2 Å². The first-order valence-electron chi connectivity index (χ1n) is 2.31. The maximum Gasteiger partial charge on any atom is 0.326 e. The second kappa shape index (κ2) is 4.72. The molecule has 54 valence electrons. The summed E-state index contributed by atoms with van der Waals surface area (Å²) < 4.78 is 6.69. The molecule has 0 radical (unpaired) electrons. The fourth-order valence-corrected chi connectivity index (χ4v) is 0.628. The number of rotatable bonds is 3. The fourth-order valence-electron chi connectivity index (χ4n) is 0.296. The van der Waals surface area contributed by atoms with Gasteiger partial charge >= 0.3 is 5.97 Å². The van der Waals surface area contributed by atoms with Crippen molar-refractivity contribution in [3.05, 3.63) is 0 Å². The van der Waals surface area contributed by atoms with Crippen LogP contribution in [-0.4, -0.2) is 30.8 Å². The van der Waals surface area contributed by atoms with Crippen molar-refractivity contribution in [1.29, 1.82) is 0 Å². The van der Waals surface area contributed by atoms with Crippen LogP contribution in [0.3, 0.4) is 0 Å². The highest BCUT2D eigenvalue weighted by Gasteiger charge is 2.14. The molecule has 0 aliphatic rings. The molecule has 0 heterocycles. The van der Waals surface area contributed by atoms with Crippen molar-refractivity contribution in [2.45, 2.75) is 6.04 Å². The molecule has 0 amide bonds. The molecule has 0 bridgehead atoms. The standard InChI is InChI=1S/C4H8BrNO3/c1-9-4(8)3(2-7)6-5/h3,6-7H,2H2,1H3/t3-/m0/s1. The first-order chi connectivity index (χ1) is 4.26. The Hall–Kier alpha value is -0.130. The van der Waals surface area contributed by atoms with Crippen molar-refractivity contribution < 1.29 is 14.6 Å². The molecule has 0 saturated heterocycles. The molecule has 9 heavy (non-hydrogen) atoms. The van der Waals surface area contributed by atoms with Crippen molar-refractivity contribution >= 4 is 22.1 Å². The lowest BCUT2D eigenvalue weighted by Crippen LogP contribution is -2.34. The highest BCUT2D eigenvalue weighted by molar-refractivity contribution is 9.08. The summed E-state index contributed by atoms with van der Waals surface area (Å²) in [6, 6.07) is -0.671. The van der Waals surface area contributed by atoms with Crippen LogP contribution in [0.15, 0.2) is 0 Å². The van der Waals surface area contributed by atoms with Gasteiger partial charge in [0, 0.05) is 16.1 Å². The zero-order valence-electron chi connectivity index (χ0n) is 4.93. The van der Waals surface area contributed by atoms with Crippen LogP contribution in [0.25, 0.3) is 0 Å². The average Bonchev–Trinajstić information content (AvgIpc) is 1.90. The van der Waals surface area contributed by atoms with Crippen LogP contribution in [-0.2, 0) is 9.53 Å². The molecule has 0 saturated carbocycles. The van der Waals surface area contributed by atoms with Gasteiger partial charge in [0.15, 0.2) is 0 Å². The third-order valence-corrected chi connectivity index (χ3v) is 1.35. The Kier molecular flexibility index (Phi) is 4.65. The first kappa shape index (κ1) is 8.87. The Morgan fingerprint density at radius 2 is 2.56 bits per heavy atom. The number of methoxy groups -OCH3 is 1. The van der Waals surface area contributed by atoms with Gasteiger partial charge in [-0.25, -0.2) is 4.34 Å². The highest BCUT2D eigenvalue weighted by atomic mass is 79.9. The molecule has 0 unspecified atom stereocenters. The van der Waals surface area contributed by atoms with E-state index in [0.717, 1.165) is 0 Å². The lowest BCUT2D eigenvalue weighted by atomic mass is 10.3. The molecule has 0 fully saturated rings. The minimum absolute atomic E-state index is 0.280. The number of carbonyl (C=O) groups is 1. The summed E-state index contributed by atoms with van der Waals surface area (Å²) >= 11 is 2.81. The van der Waals surface area contributed by atoms with Gasteiger partial charge in [-0.3, -0.25) is 4.79 Å². The van der Waals surface area contributed by atoms with Gasteiger partial charge in [-0.05, 0) is 0 Å². The maximum absolute atomic E-state index is 10.5. The minimum Gasteiger partial charge on any atom is -0.468 e. The van der Waals surface area contributed by atoms with Crippen LogP contribution in [0.5, 0.6) is 0 Å². The zero-order chi connectivity index (χ0) is 7.28. The quantitative estimate of drug-likeness (QED) is 0.470. The Morgan fingerprint density at radius 1 is 2.00 bits per heavy atom. The van der Waals surface area contributed by atoms with Gasteiger partial charge in [-0.2, -0.15) is 0 Å². The molecule has 0 aliphatic heterocycles. The van der Waals surface area contributed by atoms with Gasteiger partial charge in [0.1, 0.15) is 6.04 Å².